The number of carbonyl (C=O) groups excluding carboxylic acids is 3. The van der Waals surface area contributed by atoms with Crippen molar-refractivity contribution in [2.75, 3.05) is 24.2 Å². The summed E-state index contributed by atoms with van der Waals surface area (Å²) in [7, 11) is 1.78. The first-order valence-corrected chi connectivity index (χ1v) is 8.93. The second-order valence-corrected chi connectivity index (χ2v) is 6.86. The molecule has 0 radical (unpaired) electrons. The normalized spacial score (nSPS) is 12.7. The van der Waals surface area contributed by atoms with E-state index in [0.717, 1.165) is 4.90 Å². The smallest absolute Gasteiger partial charge is 0.282 e. The Morgan fingerprint density at radius 3 is 2.04 bits per heavy atom. The first kappa shape index (κ1) is 20.6. The number of halogens is 1. The predicted octanol–water partition coefficient (Wildman–Crippen LogP) is 2.02. The molecule has 0 bridgehead atoms. The summed E-state index contributed by atoms with van der Waals surface area (Å²) >= 11 is 5.82. The van der Waals surface area contributed by atoms with Crippen LogP contribution in [-0.4, -0.2) is 37.2 Å². The molecule has 142 valence electrons. The van der Waals surface area contributed by atoms with Crippen LogP contribution in [0.15, 0.2) is 48.5 Å². The van der Waals surface area contributed by atoms with Crippen LogP contribution in [0.3, 0.4) is 0 Å². The van der Waals surface area contributed by atoms with E-state index in [-0.39, 0.29) is 24.1 Å². The van der Waals surface area contributed by atoms with Crippen molar-refractivity contribution in [1.29, 1.82) is 0 Å². The van der Waals surface area contributed by atoms with Gasteiger partial charge >= 0.3 is 0 Å². The molecule has 0 aliphatic carbocycles. The summed E-state index contributed by atoms with van der Waals surface area (Å²) in [5.41, 5.74) is 1.85. The molecule has 0 aromatic heterocycles. The van der Waals surface area contributed by atoms with Crippen molar-refractivity contribution in [3.63, 3.8) is 0 Å². The lowest BCUT2D eigenvalue weighted by Crippen LogP contribution is -3.14. The minimum Gasteiger partial charge on any atom is -0.321 e. The Bertz CT molecular complexity index is 819. The minimum atomic E-state index is -0.437. The van der Waals surface area contributed by atoms with Crippen LogP contribution in [0, 0.1) is 0 Å². The number of anilines is 2. The lowest BCUT2D eigenvalue weighted by molar-refractivity contribution is -0.885. The fourth-order valence-electron chi connectivity index (χ4n) is 2.41. The van der Waals surface area contributed by atoms with Crippen LogP contribution in [0.25, 0.3) is 0 Å². The van der Waals surface area contributed by atoms with E-state index >= 15 is 0 Å². The van der Waals surface area contributed by atoms with Crippen molar-refractivity contribution < 1.29 is 19.3 Å². The Kier molecular flexibility index (Phi) is 7.10. The van der Waals surface area contributed by atoms with Crippen LogP contribution in [0.4, 0.5) is 11.4 Å². The molecule has 2 amide bonds. The average molecular weight is 389 g/mol. The number of amides is 2. The Labute approximate surface area is 163 Å². The molecule has 0 spiro atoms. The Morgan fingerprint density at radius 1 is 0.963 bits per heavy atom. The average Bonchev–Trinajstić information content (AvgIpc) is 2.63. The van der Waals surface area contributed by atoms with Gasteiger partial charge in [0.15, 0.2) is 18.4 Å². The summed E-state index contributed by atoms with van der Waals surface area (Å²) in [6.45, 7) is 3.38. The maximum atomic E-state index is 12.4. The first-order valence-electron chi connectivity index (χ1n) is 8.56. The highest BCUT2D eigenvalue weighted by Crippen LogP contribution is 2.13. The monoisotopic (exact) mass is 388 g/mol. The van der Waals surface area contributed by atoms with Crippen molar-refractivity contribution in [3.05, 3.63) is 59.1 Å². The van der Waals surface area contributed by atoms with Gasteiger partial charge in [-0.2, -0.15) is 0 Å². The van der Waals surface area contributed by atoms with E-state index in [1.54, 1.807) is 62.5 Å². The third-order valence-corrected chi connectivity index (χ3v) is 4.51. The number of rotatable bonds is 7. The Hall–Kier alpha value is -2.70. The van der Waals surface area contributed by atoms with Crippen molar-refractivity contribution in [2.45, 2.75) is 19.9 Å². The largest absolute Gasteiger partial charge is 0.321 e. The van der Waals surface area contributed by atoms with Gasteiger partial charge in [0.1, 0.15) is 0 Å². The topological polar surface area (TPSA) is 79.7 Å². The fourth-order valence-corrected chi connectivity index (χ4v) is 2.53. The number of likely N-dealkylation sites (N-methyl/N-ethyl adjacent to an activating group) is 1. The van der Waals surface area contributed by atoms with Gasteiger partial charge in [-0.15, -0.1) is 0 Å². The van der Waals surface area contributed by atoms with Crippen molar-refractivity contribution in [3.8, 4) is 0 Å². The van der Waals surface area contributed by atoms with Gasteiger partial charge in [0.25, 0.3) is 11.8 Å². The van der Waals surface area contributed by atoms with E-state index < -0.39 is 6.04 Å². The van der Waals surface area contributed by atoms with Gasteiger partial charge in [0.2, 0.25) is 0 Å². The van der Waals surface area contributed by atoms with Crippen LogP contribution in [-0.2, 0) is 9.59 Å². The van der Waals surface area contributed by atoms with Crippen molar-refractivity contribution >= 4 is 40.6 Å². The minimum absolute atomic E-state index is 0.0304. The van der Waals surface area contributed by atoms with Crippen LogP contribution in [0.2, 0.25) is 5.02 Å². The summed E-state index contributed by atoms with van der Waals surface area (Å²) in [5.74, 6) is -0.431. The van der Waals surface area contributed by atoms with Crippen molar-refractivity contribution in [2.24, 2.45) is 0 Å². The molecule has 2 aromatic carbocycles. The molecular weight excluding hydrogens is 366 g/mol. The zero-order valence-corrected chi connectivity index (χ0v) is 16.3. The molecule has 0 aliphatic heterocycles. The van der Waals surface area contributed by atoms with Gasteiger partial charge < -0.3 is 15.5 Å². The standard InChI is InChI=1S/C20H22ClN3O3/c1-13(20(27)23-18-8-4-15(5-9-18)14(2)25)24(3)12-19(26)22-17-10-6-16(21)7-11-17/h4-11,13H,12H2,1-3H3,(H,22,26)(H,23,27)/p+1/t13-/m0/s1. The van der Waals surface area contributed by atoms with Gasteiger partial charge in [-0.3, -0.25) is 14.4 Å². The maximum Gasteiger partial charge on any atom is 0.282 e. The number of ketones is 1. The summed E-state index contributed by atoms with van der Waals surface area (Å²) in [5, 5.41) is 6.17. The molecule has 0 saturated heterocycles. The number of carbonyl (C=O) groups is 3. The number of quaternary nitrogens is 1. The summed E-state index contributed by atoms with van der Waals surface area (Å²) in [6.07, 6.45) is 0. The molecule has 0 saturated carbocycles. The fraction of sp³-hybridized carbons (Fsp3) is 0.250. The number of hydrogen-bond acceptors (Lipinski definition) is 3. The second-order valence-electron chi connectivity index (χ2n) is 6.42. The zero-order chi connectivity index (χ0) is 20.0. The number of Topliss-reactive ketones (excluding diaryl/α,β-unsaturated/α-hetero) is 1. The molecule has 2 aromatic rings. The molecule has 0 fully saturated rings. The lowest BCUT2D eigenvalue weighted by Gasteiger charge is -2.20. The van der Waals surface area contributed by atoms with Crippen molar-refractivity contribution in [1.82, 2.24) is 0 Å². The molecule has 7 heteroatoms. The van der Waals surface area contributed by atoms with E-state index in [9.17, 15) is 14.4 Å². The zero-order valence-electron chi connectivity index (χ0n) is 15.5. The molecule has 0 aliphatic rings. The third kappa shape index (κ3) is 6.20. The Morgan fingerprint density at radius 2 is 1.48 bits per heavy atom. The predicted molar refractivity (Wildman–Crippen MR) is 106 cm³/mol. The van der Waals surface area contributed by atoms with E-state index in [2.05, 4.69) is 10.6 Å². The SMILES string of the molecule is CC(=O)c1ccc(NC(=O)[C@H](C)[NH+](C)CC(=O)Nc2ccc(Cl)cc2)cc1. The van der Waals surface area contributed by atoms with Gasteiger partial charge in [-0.1, -0.05) is 11.6 Å². The number of hydrogen-bond donors (Lipinski definition) is 3. The lowest BCUT2D eigenvalue weighted by atomic mass is 10.1. The first-order chi connectivity index (χ1) is 12.8. The maximum absolute atomic E-state index is 12.4. The quantitative estimate of drug-likeness (QED) is 0.635. The summed E-state index contributed by atoms with van der Waals surface area (Å²) in [4.78, 5) is 36.6. The van der Waals surface area contributed by atoms with Gasteiger partial charge in [-0.25, -0.2) is 0 Å². The van der Waals surface area contributed by atoms with E-state index in [1.807, 2.05) is 0 Å². The van der Waals surface area contributed by atoms with Crippen LogP contribution in [0.5, 0.6) is 0 Å². The highest BCUT2D eigenvalue weighted by Gasteiger charge is 2.24. The van der Waals surface area contributed by atoms with Crippen LogP contribution >= 0.6 is 11.6 Å². The number of nitrogens with one attached hydrogen (secondary N) is 3. The molecular formula is C20H23ClN3O3+. The Balaban J connectivity index is 1.88. The molecule has 2 atom stereocenters. The molecule has 1 unspecified atom stereocenters. The molecule has 3 N–H and O–H groups in total. The van der Waals surface area contributed by atoms with E-state index in [1.165, 1.54) is 6.92 Å². The molecule has 0 heterocycles. The summed E-state index contributed by atoms with van der Waals surface area (Å²) < 4.78 is 0. The number of benzene rings is 2. The highest BCUT2D eigenvalue weighted by atomic mass is 35.5. The van der Waals surface area contributed by atoms with E-state index in [0.29, 0.717) is 22.0 Å². The van der Waals surface area contributed by atoms with Gasteiger partial charge in [0, 0.05) is 22.0 Å². The molecule has 27 heavy (non-hydrogen) atoms. The molecule has 2 rings (SSSR count). The third-order valence-electron chi connectivity index (χ3n) is 4.26. The summed E-state index contributed by atoms with van der Waals surface area (Å²) in [6, 6.07) is 13.1. The highest BCUT2D eigenvalue weighted by molar-refractivity contribution is 6.30. The van der Waals surface area contributed by atoms with E-state index in [4.69, 9.17) is 11.6 Å². The van der Waals surface area contributed by atoms with Crippen LogP contribution in [0.1, 0.15) is 24.2 Å². The molecule has 6 nitrogen and oxygen atoms in total. The van der Waals surface area contributed by atoms with Crippen LogP contribution < -0.4 is 15.5 Å². The second kappa shape index (κ2) is 9.30. The van der Waals surface area contributed by atoms with Gasteiger partial charge in [0.05, 0.1) is 7.05 Å². The van der Waals surface area contributed by atoms with Gasteiger partial charge in [-0.05, 0) is 62.4 Å².